The number of rotatable bonds is 0. The van der Waals surface area contributed by atoms with Crippen LogP contribution in [0.4, 0.5) is 11.4 Å². The van der Waals surface area contributed by atoms with Gasteiger partial charge in [-0.15, -0.1) is 6.07 Å². The van der Waals surface area contributed by atoms with Gasteiger partial charge in [0.1, 0.15) is 0 Å². The van der Waals surface area contributed by atoms with E-state index in [-0.39, 0.29) is 17.1 Å². The van der Waals surface area contributed by atoms with Crippen LogP contribution in [-0.4, -0.2) is 0 Å². The molecule has 0 aromatic heterocycles. The molecule has 0 saturated carbocycles. The molecule has 1 radical (unpaired) electrons. The molecular formula is C12H12CuN2. The van der Waals surface area contributed by atoms with Crippen LogP contribution < -0.4 is 11.5 Å². The Hall–Kier alpha value is -1.44. The Balaban J connectivity index is 0.000000253. The van der Waals surface area contributed by atoms with Crippen molar-refractivity contribution in [3.8, 4) is 0 Å². The van der Waals surface area contributed by atoms with Gasteiger partial charge in [0.25, 0.3) is 0 Å². The van der Waals surface area contributed by atoms with E-state index >= 15 is 0 Å². The van der Waals surface area contributed by atoms with E-state index in [9.17, 15) is 0 Å². The molecule has 0 saturated heterocycles. The van der Waals surface area contributed by atoms with Gasteiger partial charge in [0.05, 0.1) is 0 Å². The van der Waals surface area contributed by atoms with Gasteiger partial charge in [0.15, 0.2) is 0 Å². The number of nitrogen functional groups attached to an aromatic ring is 2. The van der Waals surface area contributed by atoms with Crippen molar-refractivity contribution in [2.75, 3.05) is 11.5 Å². The molecule has 2 rings (SSSR count). The van der Waals surface area contributed by atoms with E-state index < -0.39 is 0 Å². The van der Waals surface area contributed by atoms with Crippen LogP contribution in [0.3, 0.4) is 0 Å². The molecule has 81 valence electrons. The zero-order valence-corrected chi connectivity index (χ0v) is 9.02. The van der Waals surface area contributed by atoms with Crippen LogP contribution >= 0.6 is 0 Å². The van der Waals surface area contributed by atoms with Gasteiger partial charge in [-0.2, -0.15) is 54.6 Å². The maximum absolute atomic E-state index is 5.36. The van der Waals surface area contributed by atoms with Crippen molar-refractivity contribution in [1.82, 2.24) is 0 Å². The summed E-state index contributed by atoms with van der Waals surface area (Å²) in [6.45, 7) is 0. The molecule has 0 bridgehead atoms. The summed E-state index contributed by atoms with van der Waals surface area (Å²) >= 11 is 0. The third kappa shape index (κ3) is 5.78. The van der Waals surface area contributed by atoms with Crippen LogP contribution in [0.25, 0.3) is 0 Å². The van der Waals surface area contributed by atoms with Crippen LogP contribution in [-0.2, 0) is 17.1 Å². The number of para-hydroxylation sites is 1. The number of benzene rings is 2. The molecule has 4 N–H and O–H groups in total. The molecule has 0 atom stereocenters. The van der Waals surface area contributed by atoms with E-state index in [1.54, 1.807) is 18.2 Å². The first kappa shape index (κ1) is 13.6. The monoisotopic (exact) mass is 247 g/mol. The van der Waals surface area contributed by atoms with Crippen molar-refractivity contribution >= 4 is 11.4 Å². The van der Waals surface area contributed by atoms with Gasteiger partial charge in [-0.1, -0.05) is 11.4 Å². The number of hydrogen-bond acceptors (Lipinski definition) is 2. The minimum atomic E-state index is 0. The summed E-state index contributed by atoms with van der Waals surface area (Å²) in [6.07, 6.45) is 0. The first-order valence-electron chi connectivity index (χ1n) is 4.23. The summed E-state index contributed by atoms with van der Waals surface area (Å²) in [7, 11) is 0. The predicted octanol–water partition coefficient (Wildman–Crippen LogP) is 2.14. The SMILES string of the molecule is Nc1[c-]cccc1N.[Cu+2].[c-]1ccccc1. The predicted molar refractivity (Wildman–Crippen MR) is 59.4 cm³/mol. The molecule has 0 heterocycles. The van der Waals surface area contributed by atoms with Crippen LogP contribution in [0.2, 0.25) is 0 Å². The minimum absolute atomic E-state index is 0. The Morgan fingerprint density at radius 2 is 1.53 bits per heavy atom. The van der Waals surface area contributed by atoms with Crippen LogP contribution in [0.15, 0.2) is 48.5 Å². The normalized spacial score (nSPS) is 8.00. The van der Waals surface area contributed by atoms with Crippen molar-refractivity contribution in [3.63, 3.8) is 0 Å². The van der Waals surface area contributed by atoms with Gasteiger partial charge in [-0.3, -0.25) is 0 Å². The second-order valence-corrected chi connectivity index (χ2v) is 2.62. The summed E-state index contributed by atoms with van der Waals surface area (Å²) in [5.74, 6) is 0. The fourth-order valence-electron chi connectivity index (χ4n) is 0.805. The van der Waals surface area contributed by atoms with E-state index in [1.165, 1.54) is 0 Å². The van der Waals surface area contributed by atoms with E-state index in [2.05, 4.69) is 12.1 Å². The summed E-state index contributed by atoms with van der Waals surface area (Å²) in [4.78, 5) is 0. The zero-order chi connectivity index (χ0) is 10.2. The molecule has 2 nitrogen and oxygen atoms in total. The van der Waals surface area contributed by atoms with Crippen LogP contribution in [0.1, 0.15) is 0 Å². The Kier molecular flexibility index (Phi) is 7.16. The van der Waals surface area contributed by atoms with Crippen LogP contribution in [0.5, 0.6) is 0 Å². The van der Waals surface area contributed by atoms with E-state index in [0.29, 0.717) is 11.4 Å². The fraction of sp³-hybridized carbons (Fsp3) is 0. The Labute approximate surface area is 101 Å². The summed E-state index contributed by atoms with van der Waals surface area (Å²) < 4.78 is 0. The first-order valence-corrected chi connectivity index (χ1v) is 4.23. The van der Waals surface area contributed by atoms with Gasteiger partial charge in [0.2, 0.25) is 0 Å². The van der Waals surface area contributed by atoms with Crippen molar-refractivity contribution in [3.05, 3.63) is 60.7 Å². The molecule has 0 aliphatic carbocycles. The molecule has 2 aromatic carbocycles. The summed E-state index contributed by atoms with van der Waals surface area (Å²) in [5.41, 5.74) is 11.8. The maximum Gasteiger partial charge on any atom is 2.00 e. The number of nitrogens with two attached hydrogens (primary N) is 2. The van der Waals surface area contributed by atoms with E-state index in [0.717, 1.165) is 0 Å². The van der Waals surface area contributed by atoms with E-state index in [4.69, 9.17) is 11.5 Å². The third-order valence-corrected chi connectivity index (χ3v) is 1.53. The molecule has 0 aliphatic heterocycles. The molecule has 0 aliphatic rings. The molecule has 0 unspecified atom stereocenters. The zero-order valence-electron chi connectivity index (χ0n) is 8.08. The molecular weight excluding hydrogens is 236 g/mol. The first-order chi connectivity index (χ1) is 6.80. The fourth-order valence-corrected chi connectivity index (χ4v) is 0.805. The maximum atomic E-state index is 5.36. The minimum Gasteiger partial charge on any atom is -0.448 e. The standard InChI is InChI=1S/C6H7N2.C6H5.Cu/c7-5-3-1-2-4-6(5)8;1-2-4-6-5-3-1;/h1-3H,7-8H2;1-5H;/q2*-1;+2. The number of hydrogen-bond donors (Lipinski definition) is 2. The summed E-state index contributed by atoms with van der Waals surface area (Å²) in [6, 6.07) is 20.5. The topological polar surface area (TPSA) is 52.0 Å². The molecule has 0 amide bonds. The molecule has 3 heteroatoms. The molecule has 0 fully saturated rings. The van der Waals surface area contributed by atoms with Crippen molar-refractivity contribution in [2.45, 2.75) is 0 Å². The summed E-state index contributed by atoms with van der Waals surface area (Å²) in [5, 5.41) is 0. The Morgan fingerprint density at radius 1 is 0.867 bits per heavy atom. The third-order valence-electron chi connectivity index (χ3n) is 1.53. The van der Waals surface area contributed by atoms with Crippen molar-refractivity contribution in [1.29, 1.82) is 0 Å². The van der Waals surface area contributed by atoms with Crippen molar-refractivity contribution in [2.24, 2.45) is 0 Å². The Bertz CT molecular complexity index is 315. The molecule has 2 aromatic rings. The second-order valence-electron chi connectivity index (χ2n) is 2.62. The van der Waals surface area contributed by atoms with Gasteiger partial charge in [-0.05, 0) is 0 Å². The van der Waals surface area contributed by atoms with Crippen LogP contribution in [0, 0.1) is 12.1 Å². The quantitative estimate of drug-likeness (QED) is 0.426. The Morgan fingerprint density at radius 3 is 1.80 bits per heavy atom. The van der Waals surface area contributed by atoms with Crippen molar-refractivity contribution < 1.29 is 17.1 Å². The van der Waals surface area contributed by atoms with E-state index in [1.807, 2.05) is 30.3 Å². The molecule has 15 heavy (non-hydrogen) atoms. The largest absolute Gasteiger partial charge is 2.00 e. The smallest absolute Gasteiger partial charge is 0.448 e. The number of anilines is 2. The molecule has 0 spiro atoms. The van der Waals surface area contributed by atoms with Gasteiger partial charge < -0.3 is 11.5 Å². The average molecular weight is 248 g/mol. The second kappa shape index (κ2) is 7.92. The van der Waals surface area contributed by atoms with Gasteiger partial charge in [0, 0.05) is 0 Å². The van der Waals surface area contributed by atoms with Gasteiger partial charge >= 0.3 is 17.1 Å². The van der Waals surface area contributed by atoms with Gasteiger partial charge in [-0.25, -0.2) is 0 Å². The average Bonchev–Trinajstić information content (AvgIpc) is 2.26.